The smallest absolute Gasteiger partial charge is 0.302 e. The lowest BCUT2D eigenvalue weighted by Gasteiger charge is -2.34. The van der Waals surface area contributed by atoms with Crippen LogP contribution in [-0.2, 0) is 10.2 Å². The van der Waals surface area contributed by atoms with Crippen molar-refractivity contribution in [3.05, 3.63) is 28.2 Å². The van der Waals surface area contributed by atoms with Gasteiger partial charge in [-0.2, -0.15) is 12.7 Å². The summed E-state index contributed by atoms with van der Waals surface area (Å²) in [5.41, 5.74) is 5.86. The molecule has 1 unspecified atom stereocenters. The molecule has 0 amide bonds. The van der Waals surface area contributed by atoms with Crippen molar-refractivity contribution in [2.45, 2.75) is 25.3 Å². The molecule has 0 saturated carbocycles. The second kappa shape index (κ2) is 6.49. The van der Waals surface area contributed by atoms with Crippen LogP contribution in [0.1, 0.15) is 19.3 Å². The number of para-hydroxylation sites is 1. The number of benzene rings is 1. The van der Waals surface area contributed by atoms with E-state index in [9.17, 15) is 8.42 Å². The third-order valence-corrected chi connectivity index (χ3v) is 5.54. The first-order chi connectivity index (χ1) is 9.45. The molecule has 1 aromatic rings. The van der Waals surface area contributed by atoms with E-state index in [-0.39, 0.29) is 21.8 Å². The highest BCUT2D eigenvalue weighted by atomic mass is 35.5. The van der Waals surface area contributed by atoms with Crippen molar-refractivity contribution in [1.82, 2.24) is 4.31 Å². The van der Waals surface area contributed by atoms with Gasteiger partial charge in [-0.3, -0.25) is 4.72 Å². The van der Waals surface area contributed by atoms with Crippen molar-refractivity contribution >= 4 is 39.1 Å². The molecule has 3 N–H and O–H groups in total. The summed E-state index contributed by atoms with van der Waals surface area (Å²) in [5.74, 6) is 0. The number of nitrogens with two attached hydrogens (primary N) is 1. The number of rotatable bonds is 4. The van der Waals surface area contributed by atoms with E-state index in [4.69, 9.17) is 28.9 Å². The average Bonchev–Trinajstić information content (AvgIpc) is 2.43. The third kappa shape index (κ3) is 3.38. The summed E-state index contributed by atoms with van der Waals surface area (Å²) in [5, 5.41) is 0.532. The first-order valence-electron chi connectivity index (χ1n) is 6.39. The fourth-order valence-electron chi connectivity index (χ4n) is 2.31. The van der Waals surface area contributed by atoms with Crippen LogP contribution in [-0.4, -0.2) is 31.9 Å². The molecule has 1 aliphatic heterocycles. The Kier molecular flexibility index (Phi) is 5.14. The number of nitrogens with one attached hydrogen (secondary N) is 1. The summed E-state index contributed by atoms with van der Waals surface area (Å²) in [6.07, 6.45) is 2.59. The second-order valence-electron chi connectivity index (χ2n) is 4.70. The minimum atomic E-state index is -3.71. The summed E-state index contributed by atoms with van der Waals surface area (Å²) >= 11 is 12.0. The summed E-state index contributed by atoms with van der Waals surface area (Å²) in [6, 6.07) is 4.65. The van der Waals surface area contributed by atoms with Crippen LogP contribution in [0.3, 0.4) is 0 Å². The third-order valence-electron chi connectivity index (χ3n) is 3.35. The lowest BCUT2D eigenvalue weighted by atomic mass is 10.1. The van der Waals surface area contributed by atoms with Gasteiger partial charge < -0.3 is 5.73 Å². The van der Waals surface area contributed by atoms with Gasteiger partial charge in [-0.25, -0.2) is 0 Å². The predicted molar refractivity (Wildman–Crippen MR) is 82.4 cm³/mol. The van der Waals surface area contributed by atoms with Crippen molar-refractivity contribution in [1.29, 1.82) is 0 Å². The van der Waals surface area contributed by atoms with Gasteiger partial charge in [-0.05, 0) is 25.0 Å². The van der Waals surface area contributed by atoms with Crippen LogP contribution < -0.4 is 10.5 Å². The number of hydrogen-bond donors (Lipinski definition) is 2. The molecule has 2 rings (SSSR count). The predicted octanol–water partition coefficient (Wildman–Crippen LogP) is 2.46. The monoisotopic (exact) mass is 337 g/mol. The van der Waals surface area contributed by atoms with Crippen molar-refractivity contribution in [3.63, 3.8) is 0 Å². The van der Waals surface area contributed by atoms with Crippen molar-refractivity contribution in [3.8, 4) is 0 Å². The molecule has 0 radical (unpaired) electrons. The van der Waals surface area contributed by atoms with Gasteiger partial charge in [0.05, 0.1) is 15.7 Å². The van der Waals surface area contributed by atoms with Crippen molar-refractivity contribution in [2.75, 3.05) is 17.8 Å². The van der Waals surface area contributed by atoms with E-state index >= 15 is 0 Å². The topological polar surface area (TPSA) is 75.4 Å². The van der Waals surface area contributed by atoms with Crippen LogP contribution in [0.2, 0.25) is 10.0 Å². The Morgan fingerprint density at radius 2 is 1.95 bits per heavy atom. The van der Waals surface area contributed by atoms with Gasteiger partial charge in [0.1, 0.15) is 0 Å². The average molecular weight is 338 g/mol. The van der Waals surface area contributed by atoms with Crippen molar-refractivity contribution < 1.29 is 8.42 Å². The van der Waals surface area contributed by atoms with Crippen LogP contribution >= 0.6 is 23.2 Å². The van der Waals surface area contributed by atoms with Crippen LogP contribution in [0.25, 0.3) is 0 Å². The Morgan fingerprint density at radius 3 is 2.55 bits per heavy atom. The minimum absolute atomic E-state index is 0.178. The van der Waals surface area contributed by atoms with E-state index in [2.05, 4.69) is 4.72 Å². The lowest BCUT2D eigenvalue weighted by Crippen LogP contribution is -2.49. The molecule has 1 saturated heterocycles. The summed E-state index contributed by atoms with van der Waals surface area (Å²) < 4.78 is 28.8. The molecule has 5 nitrogen and oxygen atoms in total. The van der Waals surface area contributed by atoms with Gasteiger partial charge in [0.15, 0.2) is 0 Å². The van der Waals surface area contributed by atoms with E-state index in [1.807, 2.05) is 0 Å². The van der Waals surface area contributed by atoms with Gasteiger partial charge in [0, 0.05) is 19.1 Å². The van der Waals surface area contributed by atoms with Gasteiger partial charge in [0.2, 0.25) is 0 Å². The quantitative estimate of drug-likeness (QED) is 0.885. The number of nitrogens with zero attached hydrogens (tertiary/aromatic N) is 1. The van der Waals surface area contributed by atoms with Crippen molar-refractivity contribution in [2.24, 2.45) is 5.73 Å². The minimum Gasteiger partial charge on any atom is -0.329 e. The van der Waals surface area contributed by atoms with Crippen LogP contribution in [0.4, 0.5) is 5.69 Å². The van der Waals surface area contributed by atoms with E-state index in [1.54, 1.807) is 18.2 Å². The first kappa shape index (κ1) is 15.9. The molecule has 1 atom stereocenters. The molecular formula is C12H17Cl2N3O2S. The van der Waals surface area contributed by atoms with E-state index in [0.717, 1.165) is 19.3 Å². The lowest BCUT2D eigenvalue weighted by molar-refractivity contribution is 0.259. The fourth-order valence-corrected chi connectivity index (χ4v) is 4.46. The Morgan fingerprint density at radius 1 is 1.30 bits per heavy atom. The van der Waals surface area contributed by atoms with Gasteiger partial charge in [-0.1, -0.05) is 35.7 Å². The Hall–Kier alpha value is -0.530. The molecule has 1 aromatic carbocycles. The van der Waals surface area contributed by atoms with Crippen LogP contribution in [0.5, 0.6) is 0 Å². The standard InChI is InChI=1S/C12H17Cl2N3O2S/c13-10-5-3-6-11(14)12(10)16-20(18,19)17-7-2-1-4-9(17)8-15/h3,5-6,9,16H,1-2,4,7-8,15H2. The number of piperidine rings is 1. The zero-order valence-corrected chi connectivity index (χ0v) is 13.2. The molecule has 20 heavy (non-hydrogen) atoms. The maximum atomic E-state index is 12.5. The Labute approximate surface area is 129 Å². The number of hydrogen-bond acceptors (Lipinski definition) is 3. The molecular weight excluding hydrogens is 321 g/mol. The molecule has 0 aromatic heterocycles. The zero-order valence-electron chi connectivity index (χ0n) is 10.9. The first-order valence-corrected chi connectivity index (χ1v) is 8.59. The highest BCUT2D eigenvalue weighted by molar-refractivity contribution is 7.90. The number of anilines is 1. The molecule has 0 bridgehead atoms. The highest BCUT2D eigenvalue weighted by Crippen LogP contribution is 2.32. The second-order valence-corrected chi connectivity index (χ2v) is 7.14. The zero-order chi connectivity index (χ0) is 14.8. The molecule has 1 heterocycles. The normalized spacial score (nSPS) is 20.9. The Balaban J connectivity index is 2.26. The van der Waals surface area contributed by atoms with Gasteiger partial charge in [-0.15, -0.1) is 0 Å². The summed E-state index contributed by atoms with van der Waals surface area (Å²) in [6.45, 7) is 0.760. The van der Waals surface area contributed by atoms with Gasteiger partial charge in [0.25, 0.3) is 0 Å². The molecule has 1 aliphatic rings. The molecule has 1 fully saturated rings. The van der Waals surface area contributed by atoms with Gasteiger partial charge >= 0.3 is 10.2 Å². The highest BCUT2D eigenvalue weighted by Gasteiger charge is 2.32. The molecule has 112 valence electrons. The number of halogens is 2. The summed E-state index contributed by atoms with van der Waals surface area (Å²) in [4.78, 5) is 0. The SMILES string of the molecule is NCC1CCCCN1S(=O)(=O)Nc1c(Cl)cccc1Cl. The molecule has 0 spiro atoms. The largest absolute Gasteiger partial charge is 0.329 e. The molecule has 0 aliphatic carbocycles. The van der Waals surface area contributed by atoms with Crippen LogP contribution in [0.15, 0.2) is 18.2 Å². The van der Waals surface area contributed by atoms with E-state index in [0.29, 0.717) is 13.1 Å². The van der Waals surface area contributed by atoms with E-state index < -0.39 is 10.2 Å². The summed E-state index contributed by atoms with van der Waals surface area (Å²) in [7, 11) is -3.71. The maximum absolute atomic E-state index is 12.5. The Bertz CT molecular complexity index is 560. The molecule has 8 heteroatoms. The van der Waals surface area contributed by atoms with Crippen LogP contribution in [0, 0.1) is 0 Å². The fraction of sp³-hybridized carbons (Fsp3) is 0.500. The maximum Gasteiger partial charge on any atom is 0.302 e. The van der Waals surface area contributed by atoms with E-state index in [1.165, 1.54) is 4.31 Å².